The second-order valence-corrected chi connectivity index (χ2v) is 6.84. The molecule has 1 aliphatic rings. The van der Waals surface area contributed by atoms with Gasteiger partial charge in [-0.15, -0.1) is 0 Å². The minimum Gasteiger partial charge on any atom is -0.352 e. The fourth-order valence-corrected chi connectivity index (χ4v) is 2.63. The van der Waals surface area contributed by atoms with Crippen molar-refractivity contribution in [2.75, 3.05) is 0 Å². The first-order chi connectivity index (χ1) is 7.64. The van der Waals surface area contributed by atoms with Gasteiger partial charge in [-0.2, -0.15) is 0 Å². The Hall–Kier alpha value is -0.600. The van der Waals surface area contributed by atoms with Gasteiger partial charge in [0.15, 0.2) is 0 Å². The first kappa shape index (κ1) is 14.5. The molecule has 1 atom stereocenters. The largest absolute Gasteiger partial charge is 0.352 e. The van der Waals surface area contributed by atoms with Crippen LogP contribution in [0.25, 0.3) is 0 Å². The van der Waals surface area contributed by atoms with Gasteiger partial charge < -0.3 is 5.32 Å². The lowest BCUT2D eigenvalue weighted by molar-refractivity contribution is -0.127. The maximum Gasteiger partial charge on any atom is 0.223 e. The number of alkyl halides is 1. The molecule has 1 fully saturated rings. The molecule has 0 aromatic rings. The number of rotatable bonds is 4. The Morgan fingerprint density at radius 3 is 2.18 bits per heavy atom. The number of carbonyl (C=O) groups is 1. The quantitative estimate of drug-likeness (QED) is 0.805. The highest BCUT2D eigenvalue weighted by Gasteiger charge is 2.40. The monoisotopic (exact) mass is 243 g/mol. The molecule has 0 radical (unpaired) electrons. The van der Waals surface area contributed by atoms with E-state index in [2.05, 4.69) is 39.9 Å². The van der Waals surface area contributed by atoms with E-state index in [4.69, 9.17) is 0 Å². The highest BCUT2D eigenvalue weighted by atomic mass is 19.1. The van der Waals surface area contributed by atoms with Gasteiger partial charge in [-0.05, 0) is 30.6 Å². The Morgan fingerprint density at radius 1 is 1.35 bits per heavy atom. The first-order valence-corrected chi connectivity index (χ1v) is 6.62. The second kappa shape index (κ2) is 4.95. The van der Waals surface area contributed by atoms with Gasteiger partial charge in [0.1, 0.15) is 5.67 Å². The van der Waals surface area contributed by atoms with E-state index in [0.717, 1.165) is 6.42 Å². The van der Waals surface area contributed by atoms with Gasteiger partial charge in [-0.1, -0.05) is 34.6 Å². The predicted octanol–water partition coefficient (Wildman–Crippen LogP) is 3.46. The molecule has 0 heterocycles. The molecule has 2 nitrogen and oxygen atoms in total. The molecule has 1 amide bonds. The molecule has 1 N–H and O–H groups in total. The zero-order chi connectivity index (χ0) is 13.3. The Bertz CT molecular complexity index is 276. The molecule has 1 rings (SSSR count). The van der Waals surface area contributed by atoms with Crippen LogP contribution in [0.1, 0.15) is 60.3 Å². The highest BCUT2D eigenvalue weighted by molar-refractivity contribution is 5.77. The topological polar surface area (TPSA) is 29.1 Å². The van der Waals surface area contributed by atoms with Crippen LogP contribution in [0.15, 0.2) is 0 Å². The van der Waals surface area contributed by atoms with Crippen molar-refractivity contribution in [3.8, 4) is 0 Å². The number of hydrogen-bond acceptors (Lipinski definition) is 1. The van der Waals surface area contributed by atoms with Crippen molar-refractivity contribution in [3.63, 3.8) is 0 Å². The maximum atomic E-state index is 13.8. The van der Waals surface area contributed by atoms with Crippen molar-refractivity contribution in [3.05, 3.63) is 0 Å². The molecule has 1 unspecified atom stereocenters. The van der Waals surface area contributed by atoms with Crippen LogP contribution >= 0.6 is 0 Å². The van der Waals surface area contributed by atoms with E-state index >= 15 is 0 Å². The van der Waals surface area contributed by atoms with Crippen LogP contribution < -0.4 is 5.32 Å². The third-order valence-corrected chi connectivity index (χ3v) is 3.64. The lowest BCUT2D eigenvalue weighted by atomic mass is 9.78. The van der Waals surface area contributed by atoms with Crippen LogP contribution in [0.3, 0.4) is 0 Å². The minimum absolute atomic E-state index is 0.00686. The van der Waals surface area contributed by atoms with Gasteiger partial charge in [-0.3, -0.25) is 4.79 Å². The van der Waals surface area contributed by atoms with E-state index in [1.54, 1.807) is 0 Å². The molecule has 1 aliphatic carbocycles. The van der Waals surface area contributed by atoms with Crippen molar-refractivity contribution in [1.29, 1.82) is 0 Å². The third kappa shape index (κ3) is 3.97. The molecule has 0 aromatic heterocycles. The number of carbonyl (C=O) groups excluding carboxylic acids is 1. The van der Waals surface area contributed by atoms with E-state index in [1.165, 1.54) is 0 Å². The van der Waals surface area contributed by atoms with Crippen LogP contribution in [0.5, 0.6) is 0 Å². The molecule has 0 aliphatic heterocycles. The summed E-state index contributed by atoms with van der Waals surface area (Å²) in [5.41, 5.74) is -1.21. The van der Waals surface area contributed by atoms with Gasteiger partial charge in [-0.25, -0.2) is 4.39 Å². The Kier molecular flexibility index (Phi) is 4.21. The maximum absolute atomic E-state index is 13.8. The summed E-state index contributed by atoms with van der Waals surface area (Å²) in [6.07, 6.45) is 2.04. The summed E-state index contributed by atoms with van der Waals surface area (Å²) in [4.78, 5) is 11.9. The van der Waals surface area contributed by atoms with Crippen LogP contribution in [0.2, 0.25) is 0 Å². The van der Waals surface area contributed by atoms with Crippen LogP contribution in [0, 0.1) is 11.3 Å². The zero-order valence-electron chi connectivity index (χ0n) is 11.8. The van der Waals surface area contributed by atoms with Crippen LogP contribution in [0.4, 0.5) is 4.39 Å². The zero-order valence-corrected chi connectivity index (χ0v) is 11.8. The van der Waals surface area contributed by atoms with E-state index < -0.39 is 5.67 Å². The summed E-state index contributed by atoms with van der Waals surface area (Å²) in [6, 6.07) is 0.0960. The van der Waals surface area contributed by atoms with E-state index in [1.807, 2.05) is 0 Å². The van der Waals surface area contributed by atoms with E-state index in [0.29, 0.717) is 18.8 Å². The van der Waals surface area contributed by atoms with Gasteiger partial charge in [0.2, 0.25) is 5.91 Å². The highest BCUT2D eigenvalue weighted by Crippen LogP contribution is 2.38. The molecule has 0 saturated heterocycles. The van der Waals surface area contributed by atoms with Crippen molar-refractivity contribution >= 4 is 5.91 Å². The molecule has 3 heteroatoms. The standard InChI is InChI=1S/C14H26FNO/c1-10(2)12(13(3,4)5)16-11(17)9-14(15)7-6-8-14/h10,12H,6-9H2,1-5H3,(H,16,17). The normalized spacial score (nSPS) is 20.9. The van der Waals surface area contributed by atoms with Gasteiger partial charge in [0.25, 0.3) is 0 Å². The molecule has 100 valence electrons. The molecule has 0 bridgehead atoms. The first-order valence-electron chi connectivity index (χ1n) is 6.62. The molecule has 0 aromatic carbocycles. The SMILES string of the molecule is CC(C)C(NC(=O)CC1(F)CCC1)C(C)(C)C. The summed E-state index contributed by atoms with van der Waals surface area (Å²) < 4.78 is 13.8. The van der Waals surface area contributed by atoms with E-state index in [-0.39, 0.29) is 23.8 Å². The predicted molar refractivity (Wildman–Crippen MR) is 68.5 cm³/mol. The van der Waals surface area contributed by atoms with Gasteiger partial charge in [0.05, 0.1) is 6.42 Å². The number of amides is 1. The lowest BCUT2D eigenvalue weighted by Crippen LogP contribution is -2.49. The Balaban J connectivity index is 2.53. The van der Waals surface area contributed by atoms with Crippen LogP contribution in [-0.4, -0.2) is 17.6 Å². The number of halogens is 1. The Morgan fingerprint density at radius 2 is 1.88 bits per heavy atom. The molecule has 17 heavy (non-hydrogen) atoms. The third-order valence-electron chi connectivity index (χ3n) is 3.64. The fraction of sp³-hybridized carbons (Fsp3) is 0.929. The summed E-state index contributed by atoms with van der Waals surface area (Å²) >= 11 is 0. The fourth-order valence-electron chi connectivity index (χ4n) is 2.63. The number of nitrogens with one attached hydrogen (secondary N) is 1. The summed E-state index contributed by atoms with van der Waals surface area (Å²) in [5.74, 6) is 0.219. The van der Waals surface area contributed by atoms with Crippen molar-refractivity contribution in [2.24, 2.45) is 11.3 Å². The van der Waals surface area contributed by atoms with Crippen molar-refractivity contribution in [2.45, 2.75) is 72.0 Å². The second-order valence-electron chi connectivity index (χ2n) is 6.84. The average molecular weight is 243 g/mol. The van der Waals surface area contributed by atoms with Gasteiger partial charge in [0, 0.05) is 6.04 Å². The van der Waals surface area contributed by atoms with Crippen molar-refractivity contribution < 1.29 is 9.18 Å². The average Bonchev–Trinajstić information content (AvgIpc) is 2.09. The molecular weight excluding hydrogens is 217 g/mol. The lowest BCUT2D eigenvalue weighted by Gasteiger charge is -2.37. The van der Waals surface area contributed by atoms with Gasteiger partial charge >= 0.3 is 0 Å². The minimum atomic E-state index is -1.22. The molecule has 1 saturated carbocycles. The smallest absolute Gasteiger partial charge is 0.223 e. The summed E-state index contributed by atoms with van der Waals surface area (Å²) in [7, 11) is 0. The summed E-state index contributed by atoms with van der Waals surface area (Å²) in [5, 5.41) is 3.00. The van der Waals surface area contributed by atoms with E-state index in [9.17, 15) is 9.18 Å². The molecule has 0 spiro atoms. The summed E-state index contributed by atoms with van der Waals surface area (Å²) in [6.45, 7) is 10.5. The molecular formula is C14H26FNO. The Labute approximate surface area is 104 Å². The van der Waals surface area contributed by atoms with Crippen molar-refractivity contribution in [1.82, 2.24) is 5.32 Å². The van der Waals surface area contributed by atoms with Crippen LogP contribution in [-0.2, 0) is 4.79 Å². The number of hydrogen-bond donors (Lipinski definition) is 1.